The van der Waals surface area contributed by atoms with E-state index in [1.54, 1.807) is 18.2 Å². The molecule has 0 bridgehead atoms. The number of hydrogen-bond donors (Lipinski definition) is 1. The van der Waals surface area contributed by atoms with Gasteiger partial charge < -0.3 is 5.11 Å². The maximum atomic E-state index is 10.6. The summed E-state index contributed by atoms with van der Waals surface area (Å²) < 4.78 is 0. The third-order valence-electron chi connectivity index (χ3n) is 1.67. The number of ketones is 1. The quantitative estimate of drug-likeness (QED) is 0.741. The fourth-order valence-corrected chi connectivity index (χ4v) is 0.950. The fourth-order valence-electron chi connectivity index (χ4n) is 0.950. The van der Waals surface area contributed by atoms with Gasteiger partial charge in [0.05, 0.1) is 5.56 Å². The van der Waals surface area contributed by atoms with Gasteiger partial charge in [0, 0.05) is 0 Å². The van der Waals surface area contributed by atoms with Gasteiger partial charge in [0.15, 0.2) is 5.78 Å². The molecule has 0 unspecified atom stereocenters. The molecule has 0 fully saturated rings. The maximum Gasteiger partial charge on any atom is 0.335 e. The zero-order chi connectivity index (χ0) is 10.6. The van der Waals surface area contributed by atoms with E-state index < -0.39 is 5.97 Å². The van der Waals surface area contributed by atoms with E-state index in [9.17, 15) is 9.59 Å². The number of carboxylic acid groups (broad SMARTS) is 1. The molecular formula is C11H10O3. The van der Waals surface area contributed by atoms with Crippen LogP contribution in [-0.4, -0.2) is 16.9 Å². The highest BCUT2D eigenvalue weighted by Crippen LogP contribution is 2.06. The number of aromatic carboxylic acids is 1. The standard InChI is InChI=1S/C11H10O3/c1-8(12)2-3-9-4-6-10(7-5-9)11(13)14/h2-7H,1H3,(H,13,14)/b3-2+. The van der Waals surface area contributed by atoms with Crippen molar-refractivity contribution in [1.82, 2.24) is 0 Å². The Kier molecular flexibility index (Phi) is 3.18. The number of carbonyl (C=O) groups is 2. The molecule has 0 heterocycles. The lowest BCUT2D eigenvalue weighted by atomic mass is 10.1. The first-order valence-corrected chi connectivity index (χ1v) is 4.11. The predicted octanol–water partition coefficient (Wildman–Crippen LogP) is 1.99. The van der Waals surface area contributed by atoms with Gasteiger partial charge in [-0.1, -0.05) is 18.2 Å². The van der Waals surface area contributed by atoms with Gasteiger partial charge in [0.25, 0.3) is 0 Å². The minimum atomic E-state index is -0.952. The topological polar surface area (TPSA) is 54.4 Å². The van der Waals surface area contributed by atoms with Crippen LogP contribution in [0.15, 0.2) is 30.3 Å². The summed E-state index contributed by atoms with van der Waals surface area (Å²) in [6.45, 7) is 1.46. The molecule has 3 heteroatoms. The van der Waals surface area contributed by atoms with Crippen molar-refractivity contribution in [2.75, 3.05) is 0 Å². The number of allylic oxidation sites excluding steroid dienone is 1. The summed E-state index contributed by atoms with van der Waals surface area (Å²) >= 11 is 0. The van der Waals surface area contributed by atoms with E-state index in [-0.39, 0.29) is 11.3 Å². The zero-order valence-electron chi connectivity index (χ0n) is 7.73. The van der Waals surface area contributed by atoms with E-state index in [2.05, 4.69) is 0 Å². The Morgan fingerprint density at radius 2 is 1.79 bits per heavy atom. The number of rotatable bonds is 3. The van der Waals surface area contributed by atoms with Crippen molar-refractivity contribution in [2.24, 2.45) is 0 Å². The zero-order valence-corrected chi connectivity index (χ0v) is 7.73. The van der Waals surface area contributed by atoms with Gasteiger partial charge in [0.1, 0.15) is 0 Å². The van der Waals surface area contributed by atoms with Crippen LogP contribution in [0.4, 0.5) is 0 Å². The van der Waals surface area contributed by atoms with Gasteiger partial charge in [-0.2, -0.15) is 0 Å². The Bertz CT molecular complexity index is 374. The molecule has 0 aliphatic heterocycles. The van der Waals surface area contributed by atoms with Crippen LogP contribution in [0.3, 0.4) is 0 Å². The van der Waals surface area contributed by atoms with E-state index in [1.807, 2.05) is 0 Å². The Balaban J connectivity index is 2.83. The second-order valence-electron chi connectivity index (χ2n) is 2.87. The molecule has 1 aromatic carbocycles. The number of carbonyl (C=O) groups excluding carboxylic acids is 1. The highest BCUT2D eigenvalue weighted by Gasteiger charge is 1.99. The molecule has 0 aliphatic rings. The van der Waals surface area contributed by atoms with E-state index in [0.717, 1.165) is 5.56 Å². The van der Waals surface area contributed by atoms with Crippen LogP contribution in [0.5, 0.6) is 0 Å². The van der Waals surface area contributed by atoms with Crippen LogP contribution in [0.2, 0.25) is 0 Å². The molecule has 3 nitrogen and oxygen atoms in total. The normalized spacial score (nSPS) is 10.4. The molecule has 1 rings (SSSR count). The van der Waals surface area contributed by atoms with Crippen molar-refractivity contribution in [3.8, 4) is 0 Å². The number of benzene rings is 1. The van der Waals surface area contributed by atoms with Crippen molar-refractivity contribution in [1.29, 1.82) is 0 Å². The largest absolute Gasteiger partial charge is 0.478 e. The van der Waals surface area contributed by atoms with Crippen molar-refractivity contribution in [3.63, 3.8) is 0 Å². The molecule has 1 aromatic rings. The highest BCUT2D eigenvalue weighted by molar-refractivity contribution is 5.92. The summed E-state index contributed by atoms with van der Waals surface area (Å²) in [5.74, 6) is -0.987. The molecule has 0 aromatic heterocycles. The summed E-state index contributed by atoms with van der Waals surface area (Å²) in [4.78, 5) is 21.1. The van der Waals surface area contributed by atoms with Crippen LogP contribution in [-0.2, 0) is 4.79 Å². The summed E-state index contributed by atoms with van der Waals surface area (Å²) in [6.07, 6.45) is 3.09. The van der Waals surface area contributed by atoms with Crippen molar-refractivity contribution < 1.29 is 14.7 Å². The third-order valence-corrected chi connectivity index (χ3v) is 1.67. The molecule has 0 spiro atoms. The molecule has 72 valence electrons. The third kappa shape index (κ3) is 2.86. The summed E-state index contributed by atoms with van der Waals surface area (Å²) in [7, 11) is 0. The molecule has 0 amide bonds. The molecule has 0 atom stereocenters. The van der Waals surface area contributed by atoms with Crippen LogP contribution in [0.25, 0.3) is 6.08 Å². The minimum absolute atomic E-state index is 0.0349. The Morgan fingerprint density at radius 1 is 1.21 bits per heavy atom. The lowest BCUT2D eigenvalue weighted by Crippen LogP contribution is -1.94. The Labute approximate surface area is 81.7 Å². The van der Waals surface area contributed by atoms with Crippen molar-refractivity contribution in [3.05, 3.63) is 41.5 Å². The van der Waals surface area contributed by atoms with Crippen LogP contribution < -0.4 is 0 Å². The molecular weight excluding hydrogens is 180 g/mol. The van der Waals surface area contributed by atoms with Crippen LogP contribution in [0, 0.1) is 0 Å². The van der Waals surface area contributed by atoms with E-state index in [4.69, 9.17) is 5.11 Å². The molecule has 0 saturated heterocycles. The fraction of sp³-hybridized carbons (Fsp3) is 0.0909. The van der Waals surface area contributed by atoms with E-state index >= 15 is 0 Å². The smallest absolute Gasteiger partial charge is 0.335 e. The van der Waals surface area contributed by atoms with Crippen molar-refractivity contribution in [2.45, 2.75) is 6.92 Å². The van der Waals surface area contributed by atoms with Gasteiger partial charge in [0.2, 0.25) is 0 Å². The lowest BCUT2D eigenvalue weighted by molar-refractivity contribution is -0.112. The van der Waals surface area contributed by atoms with Crippen LogP contribution >= 0.6 is 0 Å². The number of carboxylic acids is 1. The van der Waals surface area contributed by atoms with Gasteiger partial charge in [-0.25, -0.2) is 4.79 Å². The number of hydrogen-bond acceptors (Lipinski definition) is 2. The predicted molar refractivity (Wildman–Crippen MR) is 53.1 cm³/mol. The summed E-state index contributed by atoms with van der Waals surface area (Å²) in [5.41, 5.74) is 1.05. The molecule has 0 radical (unpaired) electrons. The molecule has 0 saturated carbocycles. The summed E-state index contributed by atoms with van der Waals surface area (Å²) in [6, 6.07) is 6.32. The van der Waals surface area contributed by atoms with E-state index in [1.165, 1.54) is 25.1 Å². The van der Waals surface area contributed by atoms with Gasteiger partial charge in [-0.15, -0.1) is 0 Å². The van der Waals surface area contributed by atoms with Crippen molar-refractivity contribution >= 4 is 17.8 Å². The monoisotopic (exact) mass is 190 g/mol. The average molecular weight is 190 g/mol. The summed E-state index contributed by atoms with van der Waals surface area (Å²) in [5, 5.41) is 8.62. The first-order valence-electron chi connectivity index (χ1n) is 4.11. The lowest BCUT2D eigenvalue weighted by Gasteiger charge is -1.94. The second-order valence-corrected chi connectivity index (χ2v) is 2.87. The first kappa shape index (κ1) is 10.2. The molecule has 14 heavy (non-hydrogen) atoms. The van der Waals surface area contributed by atoms with Gasteiger partial charge in [-0.3, -0.25) is 4.79 Å². The minimum Gasteiger partial charge on any atom is -0.478 e. The SMILES string of the molecule is CC(=O)/C=C/c1ccc(C(=O)O)cc1. The average Bonchev–Trinajstić information content (AvgIpc) is 2.15. The molecule has 1 N–H and O–H groups in total. The van der Waals surface area contributed by atoms with Crippen LogP contribution in [0.1, 0.15) is 22.8 Å². The highest BCUT2D eigenvalue weighted by atomic mass is 16.4. The van der Waals surface area contributed by atoms with Gasteiger partial charge >= 0.3 is 5.97 Å². The Morgan fingerprint density at radius 3 is 2.21 bits per heavy atom. The van der Waals surface area contributed by atoms with Gasteiger partial charge in [-0.05, 0) is 30.7 Å². The maximum absolute atomic E-state index is 10.6. The Hall–Kier alpha value is -1.90. The first-order chi connectivity index (χ1) is 6.59. The molecule has 0 aliphatic carbocycles. The van der Waals surface area contributed by atoms with E-state index in [0.29, 0.717) is 0 Å². The second kappa shape index (κ2) is 4.37.